The first kappa shape index (κ1) is 17.4. The highest BCUT2D eigenvalue weighted by Gasteiger charge is 2.20. The maximum atomic E-state index is 12.2. The number of nitrogens with one attached hydrogen (secondary N) is 1. The summed E-state index contributed by atoms with van der Waals surface area (Å²) >= 11 is 5.76. The molecule has 21 heavy (non-hydrogen) atoms. The summed E-state index contributed by atoms with van der Waals surface area (Å²) in [7, 11) is -3.86. The van der Waals surface area contributed by atoms with Crippen molar-refractivity contribution in [2.75, 3.05) is 6.54 Å². The molecule has 0 amide bonds. The Morgan fingerprint density at radius 1 is 1.52 bits per heavy atom. The minimum atomic E-state index is -3.86. The van der Waals surface area contributed by atoms with Crippen LogP contribution in [-0.4, -0.2) is 26.0 Å². The van der Waals surface area contributed by atoms with Gasteiger partial charge < -0.3 is 5.11 Å². The molecule has 0 fully saturated rings. The SMILES string of the molecule is CC(CCC(=O)O)CNS(=O)(=O)c1cc(Cl)ccc1C#N. The van der Waals surface area contributed by atoms with E-state index < -0.39 is 16.0 Å². The normalized spacial score (nSPS) is 12.6. The molecule has 0 aromatic heterocycles. The Labute approximate surface area is 128 Å². The number of hydrogen-bond donors (Lipinski definition) is 2. The van der Waals surface area contributed by atoms with Crippen molar-refractivity contribution >= 4 is 27.6 Å². The highest BCUT2D eigenvalue weighted by molar-refractivity contribution is 7.89. The van der Waals surface area contributed by atoms with Crippen LogP contribution in [0, 0.1) is 17.2 Å². The van der Waals surface area contributed by atoms with E-state index in [4.69, 9.17) is 22.0 Å². The molecule has 1 atom stereocenters. The van der Waals surface area contributed by atoms with Gasteiger partial charge >= 0.3 is 5.97 Å². The van der Waals surface area contributed by atoms with Crippen molar-refractivity contribution in [1.82, 2.24) is 4.72 Å². The molecule has 1 rings (SSSR count). The van der Waals surface area contributed by atoms with E-state index in [1.54, 1.807) is 13.0 Å². The second-order valence-electron chi connectivity index (χ2n) is 4.64. The number of halogens is 1. The van der Waals surface area contributed by atoms with Gasteiger partial charge in [-0.3, -0.25) is 4.79 Å². The molecular formula is C13H15ClN2O4S. The fourth-order valence-electron chi connectivity index (χ4n) is 1.61. The van der Waals surface area contributed by atoms with Crippen LogP contribution in [0.4, 0.5) is 0 Å². The summed E-state index contributed by atoms with van der Waals surface area (Å²) in [4.78, 5) is 10.3. The number of carbonyl (C=O) groups is 1. The van der Waals surface area contributed by atoms with Gasteiger partial charge in [-0.2, -0.15) is 5.26 Å². The predicted molar refractivity (Wildman–Crippen MR) is 77.4 cm³/mol. The van der Waals surface area contributed by atoms with Gasteiger partial charge in [0.15, 0.2) is 0 Å². The maximum absolute atomic E-state index is 12.2. The zero-order valence-corrected chi connectivity index (χ0v) is 12.9. The van der Waals surface area contributed by atoms with Crippen molar-refractivity contribution in [3.63, 3.8) is 0 Å². The van der Waals surface area contributed by atoms with Crippen molar-refractivity contribution in [3.05, 3.63) is 28.8 Å². The van der Waals surface area contributed by atoms with Gasteiger partial charge in [0, 0.05) is 18.0 Å². The summed E-state index contributed by atoms with van der Waals surface area (Å²) in [5.74, 6) is -1.06. The molecule has 0 spiro atoms. The summed E-state index contributed by atoms with van der Waals surface area (Å²) < 4.78 is 26.7. The first-order valence-electron chi connectivity index (χ1n) is 6.17. The van der Waals surface area contributed by atoms with Crippen LogP contribution in [0.15, 0.2) is 23.1 Å². The quantitative estimate of drug-likeness (QED) is 0.795. The predicted octanol–water partition coefficient (Wildman–Crippen LogP) is 1.99. The van der Waals surface area contributed by atoms with Crippen molar-refractivity contribution in [3.8, 4) is 6.07 Å². The highest BCUT2D eigenvalue weighted by atomic mass is 35.5. The molecule has 2 N–H and O–H groups in total. The van der Waals surface area contributed by atoms with E-state index in [9.17, 15) is 13.2 Å². The second-order valence-corrected chi connectivity index (χ2v) is 6.81. The molecule has 8 heteroatoms. The molecule has 0 saturated heterocycles. The highest BCUT2D eigenvalue weighted by Crippen LogP contribution is 2.20. The van der Waals surface area contributed by atoms with Crippen LogP contribution in [-0.2, 0) is 14.8 Å². The lowest BCUT2D eigenvalue weighted by atomic mass is 10.1. The third-order valence-corrected chi connectivity index (χ3v) is 4.53. The molecule has 6 nitrogen and oxygen atoms in total. The lowest BCUT2D eigenvalue weighted by Gasteiger charge is -2.13. The maximum Gasteiger partial charge on any atom is 0.303 e. The minimum absolute atomic E-state index is 0.00471. The van der Waals surface area contributed by atoms with Crippen molar-refractivity contribution < 1.29 is 18.3 Å². The number of rotatable bonds is 7. The van der Waals surface area contributed by atoms with E-state index in [2.05, 4.69) is 4.72 Å². The number of nitriles is 1. The van der Waals surface area contributed by atoms with E-state index in [-0.39, 0.29) is 34.4 Å². The number of carboxylic acid groups (broad SMARTS) is 1. The molecule has 0 aliphatic rings. The fourth-order valence-corrected chi connectivity index (χ4v) is 3.19. The van der Waals surface area contributed by atoms with E-state index in [0.29, 0.717) is 6.42 Å². The summed E-state index contributed by atoms with van der Waals surface area (Å²) in [6.45, 7) is 1.83. The number of benzene rings is 1. The number of nitrogens with zero attached hydrogens (tertiary/aromatic N) is 1. The fraction of sp³-hybridized carbons (Fsp3) is 0.385. The van der Waals surface area contributed by atoms with Gasteiger partial charge in [-0.25, -0.2) is 13.1 Å². The molecule has 0 saturated carbocycles. The van der Waals surface area contributed by atoms with Crippen LogP contribution in [0.25, 0.3) is 0 Å². The van der Waals surface area contributed by atoms with Gasteiger partial charge in [-0.15, -0.1) is 0 Å². The summed E-state index contributed by atoms with van der Waals surface area (Å²) in [5.41, 5.74) is 0.00471. The van der Waals surface area contributed by atoms with Crippen LogP contribution < -0.4 is 4.72 Å². The van der Waals surface area contributed by atoms with Crippen LogP contribution >= 0.6 is 11.6 Å². The number of carboxylic acids is 1. The van der Waals surface area contributed by atoms with Gasteiger partial charge in [0.2, 0.25) is 10.0 Å². The van der Waals surface area contributed by atoms with Crippen LogP contribution in [0.5, 0.6) is 0 Å². The second kappa shape index (κ2) is 7.41. The lowest BCUT2D eigenvalue weighted by molar-refractivity contribution is -0.137. The van der Waals surface area contributed by atoms with E-state index in [1.165, 1.54) is 18.2 Å². The summed E-state index contributed by atoms with van der Waals surface area (Å²) in [5, 5.41) is 17.7. The van der Waals surface area contributed by atoms with Crippen molar-refractivity contribution in [2.45, 2.75) is 24.7 Å². The van der Waals surface area contributed by atoms with Gasteiger partial charge in [0.1, 0.15) is 11.0 Å². The Balaban J connectivity index is 2.81. The molecule has 1 unspecified atom stereocenters. The van der Waals surface area contributed by atoms with Crippen LogP contribution in [0.2, 0.25) is 5.02 Å². The molecule has 0 aliphatic heterocycles. The Morgan fingerprint density at radius 2 is 2.19 bits per heavy atom. The standard InChI is InChI=1S/C13H15ClN2O4S/c1-9(2-5-13(17)18)8-16-21(19,20)12-6-11(14)4-3-10(12)7-15/h3-4,6,9,16H,2,5,8H2,1H3,(H,17,18). The average molecular weight is 331 g/mol. The largest absolute Gasteiger partial charge is 0.481 e. The molecule has 0 radical (unpaired) electrons. The third kappa shape index (κ3) is 5.34. The third-order valence-electron chi connectivity index (χ3n) is 2.83. The number of hydrogen-bond acceptors (Lipinski definition) is 4. The topological polar surface area (TPSA) is 107 Å². The summed E-state index contributed by atoms with van der Waals surface area (Å²) in [6.07, 6.45) is 0.335. The van der Waals surface area contributed by atoms with Crippen LogP contribution in [0.3, 0.4) is 0 Å². The molecule has 1 aromatic carbocycles. The summed E-state index contributed by atoms with van der Waals surface area (Å²) in [6, 6.07) is 5.79. The van der Waals surface area contributed by atoms with Crippen molar-refractivity contribution in [2.24, 2.45) is 5.92 Å². The molecule has 0 heterocycles. The Morgan fingerprint density at radius 3 is 2.76 bits per heavy atom. The Kier molecular flexibility index (Phi) is 6.15. The number of sulfonamides is 1. The van der Waals surface area contributed by atoms with E-state index >= 15 is 0 Å². The van der Waals surface area contributed by atoms with Gasteiger partial charge in [0.05, 0.1) is 5.56 Å². The van der Waals surface area contributed by atoms with Gasteiger partial charge in [0.25, 0.3) is 0 Å². The molecule has 0 aliphatic carbocycles. The Bertz CT molecular complexity index is 667. The monoisotopic (exact) mass is 330 g/mol. The zero-order chi connectivity index (χ0) is 16.0. The number of aliphatic carboxylic acids is 1. The smallest absolute Gasteiger partial charge is 0.303 e. The zero-order valence-electron chi connectivity index (χ0n) is 11.3. The molecule has 1 aromatic rings. The van der Waals surface area contributed by atoms with E-state index in [0.717, 1.165) is 0 Å². The first-order chi connectivity index (χ1) is 9.76. The first-order valence-corrected chi connectivity index (χ1v) is 8.03. The molecular weight excluding hydrogens is 316 g/mol. The van der Waals surface area contributed by atoms with E-state index in [1.807, 2.05) is 0 Å². The Hall–Kier alpha value is -1.62. The molecule has 114 valence electrons. The van der Waals surface area contributed by atoms with Gasteiger partial charge in [-0.05, 0) is 30.5 Å². The average Bonchev–Trinajstić information content (AvgIpc) is 2.43. The van der Waals surface area contributed by atoms with Crippen LogP contribution in [0.1, 0.15) is 25.3 Å². The van der Waals surface area contributed by atoms with Gasteiger partial charge in [-0.1, -0.05) is 18.5 Å². The molecule has 0 bridgehead atoms. The van der Waals surface area contributed by atoms with Crippen molar-refractivity contribution in [1.29, 1.82) is 5.26 Å². The minimum Gasteiger partial charge on any atom is -0.481 e. The lowest BCUT2D eigenvalue weighted by Crippen LogP contribution is -2.29.